The van der Waals surface area contributed by atoms with E-state index in [1.165, 1.54) is 42.0 Å². The van der Waals surface area contributed by atoms with Gasteiger partial charge in [0.25, 0.3) is 0 Å². The van der Waals surface area contributed by atoms with Gasteiger partial charge in [0, 0.05) is 35.0 Å². The molecule has 258 valence electrons. The van der Waals surface area contributed by atoms with Gasteiger partial charge in [0.15, 0.2) is 0 Å². The Kier molecular flexibility index (Phi) is 13.3. The van der Waals surface area contributed by atoms with E-state index >= 15 is 0 Å². The van der Waals surface area contributed by atoms with Gasteiger partial charge in [-0.1, -0.05) is 61.4 Å². The van der Waals surface area contributed by atoms with Crippen LogP contribution in [0.15, 0.2) is 72.8 Å². The fourth-order valence-corrected chi connectivity index (χ4v) is 7.52. The van der Waals surface area contributed by atoms with E-state index in [0.717, 1.165) is 53.5 Å². The van der Waals surface area contributed by atoms with Crippen molar-refractivity contribution in [1.29, 1.82) is 0 Å². The van der Waals surface area contributed by atoms with Crippen molar-refractivity contribution < 1.29 is 27.0 Å². The molecule has 48 heavy (non-hydrogen) atoms. The third-order valence-electron chi connectivity index (χ3n) is 9.92. The van der Waals surface area contributed by atoms with Gasteiger partial charge in [0.1, 0.15) is 23.3 Å². The molecule has 2 unspecified atom stereocenters. The summed E-state index contributed by atoms with van der Waals surface area (Å²) in [5, 5.41) is 3.99. The first-order valence-electron chi connectivity index (χ1n) is 16.5. The molecule has 5 rings (SSSR count). The molecule has 4 aromatic rings. The molecular formula is C40H46ClF4NO2. The third kappa shape index (κ3) is 8.49. The van der Waals surface area contributed by atoms with Gasteiger partial charge in [-0.05, 0) is 98.2 Å². The molecular weight excluding hydrogens is 638 g/mol. The highest BCUT2D eigenvalue weighted by molar-refractivity contribution is 5.85. The smallest absolute Gasteiger partial charge is 0.131 e. The maximum Gasteiger partial charge on any atom is 0.131 e. The second-order valence-corrected chi connectivity index (χ2v) is 13.0. The predicted molar refractivity (Wildman–Crippen MR) is 186 cm³/mol. The lowest BCUT2D eigenvalue weighted by Gasteiger charge is -2.41. The average Bonchev–Trinajstić information content (AvgIpc) is 3.51. The van der Waals surface area contributed by atoms with Gasteiger partial charge in [-0.15, -0.1) is 12.4 Å². The number of nitrogens with one attached hydrogen (secondary N) is 1. The lowest BCUT2D eigenvalue weighted by molar-refractivity contribution is 0.0679. The fraction of sp³-hybridized carbons (Fsp3) is 0.400. The number of ether oxygens (including phenoxy) is 2. The molecule has 0 radical (unpaired) electrons. The van der Waals surface area contributed by atoms with E-state index in [2.05, 4.69) is 57.3 Å². The van der Waals surface area contributed by atoms with E-state index in [9.17, 15) is 17.6 Å². The van der Waals surface area contributed by atoms with E-state index in [4.69, 9.17) is 9.47 Å². The Morgan fingerprint density at radius 3 is 1.46 bits per heavy atom. The van der Waals surface area contributed by atoms with E-state index < -0.39 is 23.3 Å². The maximum absolute atomic E-state index is 14.5. The molecule has 0 aromatic heterocycles. The first-order chi connectivity index (χ1) is 22.6. The van der Waals surface area contributed by atoms with E-state index in [1.807, 2.05) is 12.1 Å². The summed E-state index contributed by atoms with van der Waals surface area (Å²) in [6.45, 7) is 9.13. The summed E-state index contributed by atoms with van der Waals surface area (Å²) in [7, 11) is 0. The highest BCUT2D eigenvalue weighted by Crippen LogP contribution is 2.44. The molecule has 1 aliphatic rings. The summed E-state index contributed by atoms with van der Waals surface area (Å²) in [4.78, 5) is 0. The average molecular weight is 684 g/mol. The summed E-state index contributed by atoms with van der Waals surface area (Å²) in [6.07, 6.45) is 3.88. The highest BCUT2D eigenvalue weighted by Gasteiger charge is 2.43. The molecule has 2 atom stereocenters. The van der Waals surface area contributed by atoms with Gasteiger partial charge in [-0.3, -0.25) is 0 Å². The first-order valence-corrected chi connectivity index (χ1v) is 16.5. The van der Waals surface area contributed by atoms with Gasteiger partial charge < -0.3 is 14.8 Å². The lowest BCUT2D eigenvalue weighted by atomic mass is 9.74. The molecule has 0 heterocycles. The van der Waals surface area contributed by atoms with E-state index in [0.29, 0.717) is 6.54 Å². The monoisotopic (exact) mass is 683 g/mol. The largest absolute Gasteiger partial charge is 0.376 e. The number of benzene rings is 4. The van der Waals surface area contributed by atoms with Crippen LogP contribution in [0.25, 0.3) is 0 Å². The molecule has 4 aromatic carbocycles. The summed E-state index contributed by atoms with van der Waals surface area (Å²) in [6, 6.07) is 20.1. The lowest BCUT2D eigenvalue weighted by Crippen LogP contribution is -2.51. The standard InChI is InChI=1S/C40H45F4NO2.ClH/c1-26-11-7-12-27(2)38(26)30(22-46-23-31-34(41)15-9-16-35(31)42)21-45-40(19-5-6-20-40)33(39-28(3)13-8-14-29(39)4)25-47-24-32-36(43)17-10-18-37(32)44;/h7-18,30,33,45H,5-6,19-25H2,1-4H3;1H. The van der Waals surface area contributed by atoms with Crippen molar-refractivity contribution in [3.63, 3.8) is 0 Å². The zero-order chi connectivity index (χ0) is 33.6. The van der Waals surface area contributed by atoms with Crippen LogP contribution in [0.1, 0.15) is 82.0 Å². The topological polar surface area (TPSA) is 30.5 Å². The van der Waals surface area contributed by atoms with Crippen LogP contribution in [-0.2, 0) is 22.7 Å². The van der Waals surface area contributed by atoms with Crippen LogP contribution >= 0.6 is 12.4 Å². The first kappa shape index (κ1) is 37.6. The van der Waals surface area contributed by atoms with Crippen molar-refractivity contribution in [2.75, 3.05) is 19.8 Å². The van der Waals surface area contributed by atoms with Gasteiger partial charge in [0.05, 0.1) is 26.4 Å². The number of hydrogen-bond donors (Lipinski definition) is 1. The number of hydrogen-bond acceptors (Lipinski definition) is 3. The van der Waals surface area contributed by atoms with Crippen LogP contribution < -0.4 is 5.32 Å². The molecule has 0 aliphatic heterocycles. The summed E-state index contributed by atoms with van der Waals surface area (Å²) >= 11 is 0. The molecule has 1 N–H and O–H groups in total. The van der Waals surface area contributed by atoms with Crippen molar-refractivity contribution in [3.8, 4) is 0 Å². The van der Waals surface area contributed by atoms with Crippen LogP contribution in [0, 0.1) is 51.0 Å². The van der Waals surface area contributed by atoms with Gasteiger partial charge in [-0.25, -0.2) is 17.6 Å². The summed E-state index contributed by atoms with van der Waals surface area (Å²) < 4.78 is 70.1. The molecule has 1 fully saturated rings. The normalized spacial score (nSPS) is 15.2. The Hall–Kier alpha value is -3.23. The van der Waals surface area contributed by atoms with Crippen LogP contribution in [0.3, 0.4) is 0 Å². The number of aryl methyl sites for hydroxylation is 4. The molecule has 8 heteroatoms. The minimum atomic E-state index is -0.622. The van der Waals surface area contributed by atoms with Gasteiger partial charge in [0.2, 0.25) is 0 Å². The van der Waals surface area contributed by atoms with Crippen molar-refractivity contribution in [3.05, 3.63) is 141 Å². The van der Waals surface area contributed by atoms with Crippen molar-refractivity contribution >= 4 is 12.4 Å². The minimum absolute atomic E-state index is 0. The second-order valence-electron chi connectivity index (χ2n) is 13.0. The van der Waals surface area contributed by atoms with Crippen LogP contribution in [0.5, 0.6) is 0 Å². The number of rotatable bonds is 14. The van der Waals surface area contributed by atoms with Crippen LogP contribution in [-0.4, -0.2) is 25.3 Å². The molecule has 0 bridgehead atoms. The SMILES string of the molecule is Cc1cccc(C)c1C(CNC1(C(COCc2c(F)cccc2F)c2c(C)cccc2C)CCCC1)COCc1c(F)cccc1F.Cl. The van der Waals surface area contributed by atoms with Gasteiger partial charge in [-0.2, -0.15) is 0 Å². The van der Waals surface area contributed by atoms with Crippen molar-refractivity contribution in [1.82, 2.24) is 5.32 Å². The van der Waals surface area contributed by atoms with E-state index in [-0.39, 0.29) is 67.3 Å². The predicted octanol–water partition coefficient (Wildman–Crippen LogP) is 10.1. The van der Waals surface area contributed by atoms with E-state index in [1.54, 1.807) is 0 Å². The molecule has 0 spiro atoms. The zero-order valence-corrected chi connectivity index (χ0v) is 29.0. The van der Waals surface area contributed by atoms with Crippen LogP contribution in [0.2, 0.25) is 0 Å². The highest BCUT2D eigenvalue weighted by atomic mass is 35.5. The summed E-state index contributed by atoms with van der Waals surface area (Å²) in [5.41, 5.74) is 6.38. The molecule has 0 amide bonds. The third-order valence-corrected chi connectivity index (χ3v) is 9.92. The molecule has 3 nitrogen and oxygen atoms in total. The molecule has 1 saturated carbocycles. The Balaban J connectivity index is 0.00000520. The summed E-state index contributed by atoms with van der Waals surface area (Å²) in [5.74, 6) is -2.67. The van der Waals surface area contributed by atoms with Crippen molar-refractivity contribution in [2.45, 2.75) is 84.0 Å². The Morgan fingerprint density at radius 1 is 0.604 bits per heavy atom. The van der Waals surface area contributed by atoms with Crippen molar-refractivity contribution in [2.24, 2.45) is 0 Å². The van der Waals surface area contributed by atoms with Gasteiger partial charge >= 0.3 is 0 Å². The zero-order valence-electron chi connectivity index (χ0n) is 28.2. The molecule has 0 saturated heterocycles. The second kappa shape index (κ2) is 16.9. The Morgan fingerprint density at radius 2 is 1.00 bits per heavy atom. The Labute approximate surface area is 288 Å². The fourth-order valence-electron chi connectivity index (χ4n) is 7.52. The maximum atomic E-state index is 14.5. The molecule has 1 aliphatic carbocycles. The minimum Gasteiger partial charge on any atom is -0.376 e. The number of halogens is 5. The Bertz CT molecular complexity index is 1590. The van der Waals surface area contributed by atoms with Crippen LogP contribution in [0.4, 0.5) is 17.6 Å². The quantitative estimate of drug-likeness (QED) is 0.134.